The Kier molecular flexibility index (Phi) is 12.1. The molecule has 1 rings (SSSR count). The molecule has 174 valence electrons. The van der Waals surface area contributed by atoms with Crippen molar-refractivity contribution in [3.8, 4) is 11.5 Å². The van der Waals surface area contributed by atoms with Crippen molar-refractivity contribution in [1.82, 2.24) is 0 Å². The molecular formula is C20H38O8Si2. The quantitative estimate of drug-likeness (QED) is 0.346. The number of benzene rings is 1. The van der Waals surface area contributed by atoms with Crippen LogP contribution in [0.25, 0.3) is 0 Å². The second-order valence-electron chi connectivity index (χ2n) is 5.96. The van der Waals surface area contributed by atoms with Crippen LogP contribution in [0.1, 0.15) is 41.5 Å². The van der Waals surface area contributed by atoms with E-state index in [1.165, 1.54) is 0 Å². The molecule has 8 nitrogen and oxygen atoms in total. The van der Waals surface area contributed by atoms with Gasteiger partial charge in [-0.1, -0.05) is 0 Å². The van der Waals surface area contributed by atoms with Crippen LogP contribution in [0.4, 0.5) is 0 Å². The third kappa shape index (κ3) is 6.04. The van der Waals surface area contributed by atoms with E-state index in [0.717, 1.165) is 0 Å². The minimum atomic E-state index is -3.23. The third-order valence-electron chi connectivity index (χ3n) is 4.19. The van der Waals surface area contributed by atoms with E-state index >= 15 is 0 Å². The number of hydrogen-bond acceptors (Lipinski definition) is 8. The maximum absolute atomic E-state index is 6.08. The van der Waals surface area contributed by atoms with Crippen molar-refractivity contribution < 1.29 is 36.0 Å². The zero-order valence-corrected chi connectivity index (χ0v) is 21.7. The predicted octanol–water partition coefficient (Wildman–Crippen LogP) is 2.21. The van der Waals surface area contributed by atoms with Gasteiger partial charge in [-0.05, 0) is 53.7 Å². The predicted molar refractivity (Wildman–Crippen MR) is 120 cm³/mol. The third-order valence-corrected chi connectivity index (χ3v) is 10.3. The van der Waals surface area contributed by atoms with E-state index in [-0.39, 0.29) is 0 Å². The van der Waals surface area contributed by atoms with E-state index in [4.69, 9.17) is 36.0 Å². The molecule has 0 saturated carbocycles. The van der Waals surface area contributed by atoms with Crippen molar-refractivity contribution in [2.24, 2.45) is 0 Å². The van der Waals surface area contributed by atoms with Gasteiger partial charge in [0.05, 0.1) is 24.6 Å². The van der Waals surface area contributed by atoms with E-state index in [2.05, 4.69) is 0 Å². The number of methoxy groups -OCH3 is 2. The molecule has 0 aliphatic heterocycles. The van der Waals surface area contributed by atoms with Crippen LogP contribution >= 0.6 is 0 Å². The Morgan fingerprint density at radius 2 is 0.733 bits per heavy atom. The second-order valence-corrected chi connectivity index (χ2v) is 11.0. The monoisotopic (exact) mass is 462 g/mol. The maximum atomic E-state index is 6.08. The van der Waals surface area contributed by atoms with Gasteiger partial charge in [0, 0.05) is 39.6 Å². The zero-order valence-electron chi connectivity index (χ0n) is 19.7. The summed E-state index contributed by atoms with van der Waals surface area (Å²) in [5, 5.41) is 1.40. The molecular weight excluding hydrogens is 424 g/mol. The van der Waals surface area contributed by atoms with Crippen molar-refractivity contribution in [2.75, 3.05) is 53.9 Å². The van der Waals surface area contributed by atoms with Gasteiger partial charge < -0.3 is 36.0 Å². The van der Waals surface area contributed by atoms with E-state index in [0.29, 0.717) is 61.5 Å². The fourth-order valence-electron chi connectivity index (χ4n) is 3.23. The van der Waals surface area contributed by atoms with Crippen molar-refractivity contribution in [3.05, 3.63) is 12.1 Å². The van der Waals surface area contributed by atoms with E-state index < -0.39 is 17.6 Å². The first-order valence-electron chi connectivity index (χ1n) is 10.6. The highest BCUT2D eigenvalue weighted by Gasteiger charge is 2.50. The minimum Gasteiger partial charge on any atom is -0.497 e. The van der Waals surface area contributed by atoms with Crippen molar-refractivity contribution in [2.45, 2.75) is 41.5 Å². The largest absolute Gasteiger partial charge is 0.541 e. The Morgan fingerprint density at radius 3 is 0.900 bits per heavy atom. The van der Waals surface area contributed by atoms with Gasteiger partial charge in [-0.25, -0.2) is 0 Å². The van der Waals surface area contributed by atoms with Crippen LogP contribution in [0.3, 0.4) is 0 Å². The summed E-state index contributed by atoms with van der Waals surface area (Å²) in [5.74, 6) is 1.12. The summed E-state index contributed by atoms with van der Waals surface area (Å²) in [6.07, 6.45) is 0. The van der Waals surface area contributed by atoms with Gasteiger partial charge in [0.2, 0.25) is 0 Å². The van der Waals surface area contributed by atoms with Crippen LogP contribution in [0.15, 0.2) is 12.1 Å². The van der Waals surface area contributed by atoms with Gasteiger partial charge in [-0.3, -0.25) is 0 Å². The molecule has 0 bridgehead atoms. The molecule has 0 unspecified atom stereocenters. The zero-order chi connectivity index (χ0) is 22.6. The summed E-state index contributed by atoms with van der Waals surface area (Å²) in [4.78, 5) is 0. The van der Waals surface area contributed by atoms with Crippen LogP contribution in [0.5, 0.6) is 11.5 Å². The molecule has 1 aromatic carbocycles. The van der Waals surface area contributed by atoms with Gasteiger partial charge in [0.1, 0.15) is 11.5 Å². The molecule has 0 aromatic heterocycles. The van der Waals surface area contributed by atoms with E-state index in [9.17, 15) is 0 Å². The summed E-state index contributed by atoms with van der Waals surface area (Å²) in [5.41, 5.74) is 0. The molecule has 0 fully saturated rings. The first-order chi connectivity index (χ1) is 14.5. The van der Waals surface area contributed by atoms with E-state index in [1.807, 2.05) is 53.7 Å². The highest BCUT2D eigenvalue weighted by atomic mass is 28.4. The van der Waals surface area contributed by atoms with Gasteiger partial charge in [0.15, 0.2) is 0 Å². The molecule has 0 aliphatic carbocycles. The van der Waals surface area contributed by atoms with Gasteiger partial charge in [-0.2, -0.15) is 0 Å². The topological polar surface area (TPSA) is 73.8 Å². The lowest BCUT2D eigenvalue weighted by atomic mass is 10.3. The highest BCUT2D eigenvalue weighted by Crippen LogP contribution is 2.25. The van der Waals surface area contributed by atoms with Crippen LogP contribution in [-0.4, -0.2) is 71.5 Å². The number of hydrogen-bond donors (Lipinski definition) is 0. The van der Waals surface area contributed by atoms with Crippen LogP contribution in [0, 0.1) is 0 Å². The van der Waals surface area contributed by atoms with Gasteiger partial charge in [0.25, 0.3) is 0 Å². The Morgan fingerprint density at radius 1 is 0.500 bits per heavy atom. The maximum Gasteiger partial charge on any atom is 0.541 e. The minimum absolute atomic E-state index is 0.439. The lowest BCUT2D eigenvalue weighted by molar-refractivity contribution is 0.0835. The summed E-state index contributed by atoms with van der Waals surface area (Å²) in [6, 6.07) is 3.69. The lowest BCUT2D eigenvalue weighted by Crippen LogP contribution is -2.60. The Bertz CT molecular complexity index is 541. The van der Waals surface area contributed by atoms with Gasteiger partial charge in [-0.15, -0.1) is 0 Å². The summed E-state index contributed by atoms with van der Waals surface area (Å²) < 4.78 is 48.0. The highest BCUT2D eigenvalue weighted by molar-refractivity contribution is 6.78. The van der Waals surface area contributed by atoms with Crippen LogP contribution < -0.4 is 19.8 Å². The van der Waals surface area contributed by atoms with Crippen molar-refractivity contribution >= 4 is 28.0 Å². The number of rotatable bonds is 16. The fourth-order valence-corrected chi connectivity index (χ4v) is 8.51. The Hall–Kier alpha value is -0.986. The first-order valence-corrected chi connectivity index (χ1v) is 14.0. The second kappa shape index (κ2) is 13.4. The summed E-state index contributed by atoms with van der Waals surface area (Å²) >= 11 is 0. The molecule has 0 saturated heterocycles. The van der Waals surface area contributed by atoms with Crippen molar-refractivity contribution in [3.63, 3.8) is 0 Å². The van der Waals surface area contributed by atoms with E-state index in [1.54, 1.807) is 14.2 Å². The summed E-state index contributed by atoms with van der Waals surface area (Å²) in [6.45, 7) is 14.1. The van der Waals surface area contributed by atoms with Crippen LogP contribution in [0.2, 0.25) is 0 Å². The molecule has 0 atom stereocenters. The normalized spacial score (nSPS) is 12.3. The average Bonchev–Trinajstić information content (AvgIpc) is 2.73. The molecule has 30 heavy (non-hydrogen) atoms. The Labute approximate surface area is 183 Å². The average molecular weight is 463 g/mol. The first kappa shape index (κ1) is 27.0. The fraction of sp³-hybridized carbons (Fsp3) is 0.700. The molecule has 0 amide bonds. The summed E-state index contributed by atoms with van der Waals surface area (Å²) in [7, 11) is -3.27. The number of ether oxygens (including phenoxy) is 2. The molecule has 0 aliphatic rings. The lowest BCUT2D eigenvalue weighted by Gasteiger charge is -2.33. The van der Waals surface area contributed by atoms with Crippen molar-refractivity contribution in [1.29, 1.82) is 0 Å². The SMILES string of the molecule is CCO[Si](OCC)(OCC)c1cc(OC)c([Si](OCC)(OCC)OCC)cc1OC. The Balaban J connectivity index is 3.79. The smallest absolute Gasteiger partial charge is 0.497 e. The molecule has 0 radical (unpaired) electrons. The molecule has 1 aromatic rings. The van der Waals surface area contributed by atoms with Gasteiger partial charge >= 0.3 is 17.6 Å². The molecule has 0 spiro atoms. The van der Waals surface area contributed by atoms with Crippen LogP contribution in [-0.2, 0) is 26.6 Å². The standard InChI is InChI=1S/C20H38O8Si2/c1-9-23-29(24-10-2,25-11-3)19-15-18(22-8)20(16-17(19)21-7)30(26-12-4,27-13-5)28-14-6/h15-16H,9-14H2,1-8H3. The molecule has 0 heterocycles. The molecule has 0 N–H and O–H groups in total. The molecule has 10 heteroatoms.